The molecule has 21 heavy (non-hydrogen) atoms. The highest BCUT2D eigenvalue weighted by Crippen LogP contribution is 2.24. The molecule has 0 spiro atoms. The van der Waals surface area contributed by atoms with Crippen LogP contribution in [-0.2, 0) is 0 Å². The number of rotatable bonds is 4. The maximum atomic E-state index is 12.1. The fourth-order valence-corrected chi connectivity index (χ4v) is 2.35. The van der Waals surface area contributed by atoms with E-state index >= 15 is 0 Å². The summed E-state index contributed by atoms with van der Waals surface area (Å²) in [5.74, 6) is 0.668. The van der Waals surface area contributed by atoms with Crippen LogP contribution in [0.4, 0.5) is 0 Å². The average molecular weight is 279 g/mol. The Balaban J connectivity index is 2.09. The highest BCUT2D eigenvalue weighted by molar-refractivity contribution is 5.97. The van der Waals surface area contributed by atoms with Crippen LogP contribution < -0.4 is 4.74 Å². The number of hydrogen-bond acceptors (Lipinski definition) is 3. The Morgan fingerprint density at radius 2 is 1.67 bits per heavy atom. The van der Waals surface area contributed by atoms with Crippen molar-refractivity contribution >= 4 is 5.78 Å². The molecule has 0 N–H and O–H groups in total. The summed E-state index contributed by atoms with van der Waals surface area (Å²) >= 11 is 0. The molecule has 0 aliphatic carbocycles. The molecule has 0 bridgehead atoms. The molecule has 2 aromatic carbocycles. The summed E-state index contributed by atoms with van der Waals surface area (Å²) in [5.41, 5.74) is 4.32. The number of hydrogen-bond donors (Lipinski definition) is 0. The first kappa shape index (κ1) is 14.8. The van der Waals surface area contributed by atoms with Gasteiger partial charge in [-0.25, -0.2) is 0 Å². The van der Waals surface area contributed by atoms with Gasteiger partial charge in [0.25, 0.3) is 0 Å². The van der Waals surface area contributed by atoms with Crippen LogP contribution in [0.1, 0.15) is 32.6 Å². The molecule has 0 aliphatic rings. The first-order valence-corrected chi connectivity index (χ1v) is 6.75. The third-order valence-corrected chi connectivity index (χ3v) is 3.29. The van der Waals surface area contributed by atoms with Crippen LogP contribution in [0, 0.1) is 32.1 Å². The molecule has 0 aromatic heterocycles. The zero-order chi connectivity index (χ0) is 15.4. The number of benzene rings is 2. The van der Waals surface area contributed by atoms with Gasteiger partial charge in [-0.05, 0) is 56.2 Å². The summed E-state index contributed by atoms with van der Waals surface area (Å²) < 4.78 is 5.68. The molecule has 0 aliphatic heterocycles. The van der Waals surface area contributed by atoms with Crippen molar-refractivity contribution in [1.82, 2.24) is 0 Å². The van der Waals surface area contributed by atoms with Gasteiger partial charge in [-0.2, -0.15) is 5.26 Å². The van der Waals surface area contributed by atoms with Crippen LogP contribution in [0.5, 0.6) is 5.75 Å². The Hall–Kier alpha value is -2.60. The van der Waals surface area contributed by atoms with Gasteiger partial charge in [0.15, 0.2) is 12.4 Å². The predicted molar refractivity (Wildman–Crippen MR) is 81.6 cm³/mol. The normalized spacial score (nSPS) is 10.0. The van der Waals surface area contributed by atoms with E-state index in [1.807, 2.05) is 39.0 Å². The van der Waals surface area contributed by atoms with E-state index in [4.69, 9.17) is 10.00 Å². The van der Waals surface area contributed by atoms with Crippen molar-refractivity contribution in [2.45, 2.75) is 20.8 Å². The standard InChI is InChI=1S/C18H17NO2/c1-12-8-13(2)18(14(3)9-12)21-11-17(20)16-6-4-15(10-19)5-7-16/h4-9H,11H2,1-3H3. The van der Waals surface area contributed by atoms with E-state index in [0.717, 1.165) is 16.9 Å². The Morgan fingerprint density at radius 3 is 2.19 bits per heavy atom. The highest BCUT2D eigenvalue weighted by atomic mass is 16.5. The first-order valence-electron chi connectivity index (χ1n) is 6.75. The third kappa shape index (κ3) is 3.49. The first-order chi connectivity index (χ1) is 10.0. The smallest absolute Gasteiger partial charge is 0.200 e. The highest BCUT2D eigenvalue weighted by Gasteiger charge is 2.10. The van der Waals surface area contributed by atoms with E-state index in [2.05, 4.69) is 0 Å². The summed E-state index contributed by atoms with van der Waals surface area (Å²) in [4.78, 5) is 12.1. The van der Waals surface area contributed by atoms with Gasteiger partial charge in [0.2, 0.25) is 0 Å². The van der Waals surface area contributed by atoms with Crippen molar-refractivity contribution in [3.8, 4) is 11.8 Å². The van der Waals surface area contributed by atoms with Gasteiger partial charge >= 0.3 is 0 Å². The Labute approximate surface area is 124 Å². The quantitative estimate of drug-likeness (QED) is 0.801. The molecule has 0 saturated heterocycles. The SMILES string of the molecule is Cc1cc(C)c(OCC(=O)c2ccc(C#N)cc2)c(C)c1. The molecule has 106 valence electrons. The molecule has 0 fully saturated rings. The fourth-order valence-electron chi connectivity index (χ4n) is 2.35. The van der Waals surface area contributed by atoms with Gasteiger partial charge < -0.3 is 4.74 Å². The summed E-state index contributed by atoms with van der Waals surface area (Å²) in [6, 6.07) is 12.7. The lowest BCUT2D eigenvalue weighted by atomic mass is 10.1. The zero-order valence-electron chi connectivity index (χ0n) is 12.4. The minimum atomic E-state index is -0.0983. The molecular formula is C18H17NO2. The molecule has 3 heteroatoms. The molecule has 3 nitrogen and oxygen atoms in total. The van der Waals surface area contributed by atoms with Crippen molar-refractivity contribution in [3.63, 3.8) is 0 Å². The number of carbonyl (C=O) groups excluding carboxylic acids is 1. The number of nitriles is 1. The van der Waals surface area contributed by atoms with Gasteiger partial charge in [-0.15, -0.1) is 0 Å². The predicted octanol–water partition coefficient (Wildman–Crippen LogP) is 3.75. The molecule has 2 aromatic rings. The van der Waals surface area contributed by atoms with Crippen molar-refractivity contribution in [2.75, 3.05) is 6.61 Å². The molecule has 0 saturated carbocycles. The largest absolute Gasteiger partial charge is 0.485 e. The molecule has 0 unspecified atom stereocenters. The van der Waals surface area contributed by atoms with Crippen molar-refractivity contribution in [2.24, 2.45) is 0 Å². The number of Topliss-reactive ketones (excluding diaryl/α,β-unsaturated/α-hetero) is 1. The van der Waals surface area contributed by atoms with E-state index < -0.39 is 0 Å². The molecular weight excluding hydrogens is 262 g/mol. The second kappa shape index (κ2) is 6.23. The zero-order valence-corrected chi connectivity index (χ0v) is 12.4. The molecule has 0 radical (unpaired) electrons. The van der Waals surface area contributed by atoms with E-state index in [1.165, 1.54) is 5.56 Å². The van der Waals surface area contributed by atoms with Crippen LogP contribution >= 0.6 is 0 Å². The van der Waals surface area contributed by atoms with E-state index in [-0.39, 0.29) is 12.4 Å². The van der Waals surface area contributed by atoms with Crippen molar-refractivity contribution in [1.29, 1.82) is 5.26 Å². The van der Waals surface area contributed by atoms with Crippen LogP contribution in [0.3, 0.4) is 0 Å². The number of ketones is 1. The van der Waals surface area contributed by atoms with Gasteiger partial charge in [0.1, 0.15) is 5.75 Å². The second-order valence-corrected chi connectivity index (χ2v) is 5.13. The van der Waals surface area contributed by atoms with E-state index in [0.29, 0.717) is 11.1 Å². The molecule has 0 heterocycles. The Morgan fingerprint density at radius 1 is 1.10 bits per heavy atom. The number of carbonyl (C=O) groups is 1. The van der Waals surface area contributed by atoms with E-state index in [1.54, 1.807) is 24.3 Å². The van der Waals surface area contributed by atoms with Gasteiger partial charge in [-0.3, -0.25) is 4.79 Å². The number of ether oxygens (including phenoxy) is 1. The lowest BCUT2D eigenvalue weighted by Gasteiger charge is -2.12. The Bertz CT molecular complexity index is 686. The number of aryl methyl sites for hydroxylation is 3. The monoisotopic (exact) mass is 279 g/mol. The fraction of sp³-hybridized carbons (Fsp3) is 0.222. The topological polar surface area (TPSA) is 50.1 Å². The summed E-state index contributed by atoms with van der Waals surface area (Å²) in [7, 11) is 0. The minimum Gasteiger partial charge on any atom is -0.485 e. The minimum absolute atomic E-state index is 0.00333. The molecule has 0 amide bonds. The summed E-state index contributed by atoms with van der Waals surface area (Å²) in [5, 5.41) is 8.74. The van der Waals surface area contributed by atoms with Gasteiger partial charge in [0.05, 0.1) is 11.6 Å². The number of nitrogens with zero attached hydrogens (tertiary/aromatic N) is 1. The van der Waals surface area contributed by atoms with Crippen molar-refractivity contribution < 1.29 is 9.53 Å². The second-order valence-electron chi connectivity index (χ2n) is 5.13. The summed E-state index contributed by atoms with van der Waals surface area (Å²) in [6.07, 6.45) is 0. The van der Waals surface area contributed by atoms with Gasteiger partial charge in [0, 0.05) is 5.56 Å². The summed E-state index contributed by atoms with van der Waals surface area (Å²) in [6.45, 7) is 5.98. The van der Waals surface area contributed by atoms with Crippen LogP contribution in [0.2, 0.25) is 0 Å². The lowest BCUT2D eigenvalue weighted by molar-refractivity contribution is 0.0920. The van der Waals surface area contributed by atoms with Crippen LogP contribution in [0.25, 0.3) is 0 Å². The molecule has 0 atom stereocenters. The van der Waals surface area contributed by atoms with Crippen molar-refractivity contribution in [3.05, 3.63) is 64.2 Å². The van der Waals surface area contributed by atoms with Gasteiger partial charge in [-0.1, -0.05) is 17.7 Å². The maximum absolute atomic E-state index is 12.1. The lowest BCUT2D eigenvalue weighted by Crippen LogP contribution is -2.12. The van der Waals surface area contributed by atoms with E-state index in [9.17, 15) is 4.79 Å². The average Bonchev–Trinajstić information content (AvgIpc) is 2.46. The Kier molecular flexibility index (Phi) is 4.39. The van der Waals surface area contributed by atoms with Crippen LogP contribution in [-0.4, -0.2) is 12.4 Å². The molecule has 2 rings (SSSR count). The third-order valence-electron chi connectivity index (χ3n) is 3.29. The van der Waals surface area contributed by atoms with Crippen LogP contribution in [0.15, 0.2) is 36.4 Å². The maximum Gasteiger partial charge on any atom is 0.200 e.